The van der Waals surface area contributed by atoms with Gasteiger partial charge in [0, 0.05) is 31.9 Å². The van der Waals surface area contributed by atoms with Gasteiger partial charge >= 0.3 is 5.69 Å². The number of likely N-dealkylation sites (N-methyl/N-ethyl adjacent to an activating group) is 1. The van der Waals surface area contributed by atoms with Crippen molar-refractivity contribution in [2.24, 2.45) is 0 Å². The first kappa shape index (κ1) is 17.8. The fraction of sp³-hybridized carbons (Fsp3) is 0.375. The molecule has 138 valence electrons. The van der Waals surface area contributed by atoms with Gasteiger partial charge in [0.2, 0.25) is 11.6 Å². The van der Waals surface area contributed by atoms with E-state index < -0.39 is 4.92 Å². The van der Waals surface area contributed by atoms with Crippen LogP contribution in [0.3, 0.4) is 0 Å². The van der Waals surface area contributed by atoms with Gasteiger partial charge in [0.15, 0.2) is 0 Å². The lowest BCUT2D eigenvalue weighted by molar-refractivity contribution is -0.383. The maximum atomic E-state index is 11.6. The summed E-state index contributed by atoms with van der Waals surface area (Å²) >= 11 is 0. The Morgan fingerprint density at radius 2 is 1.77 bits per heavy atom. The number of nitrogens with one attached hydrogen (secondary N) is 2. The molecule has 0 saturated carbocycles. The highest BCUT2D eigenvalue weighted by Gasteiger charge is 2.25. The average Bonchev–Trinajstić information content (AvgIpc) is 2.64. The Labute approximate surface area is 150 Å². The maximum absolute atomic E-state index is 11.6. The van der Waals surface area contributed by atoms with E-state index in [9.17, 15) is 10.1 Å². The number of hydrogen-bond acceptors (Lipinski definition) is 9. The second kappa shape index (κ2) is 7.93. The minimum absolute atomic E-state index is 0.131. The second-order valence-corrected chi connectivity index (χ2v) is 5.93. The van der Waals surface area contributed by atoms with E-state index in [1.165, 1.54) is 6.33 Å². The van der Waals surface area contributed by atoms with E-state index in [4.69, 9.17) is 4.74 Å². The molecule has 1 aromatic carbocycles. The quantitative estimate of drug-likeness (QED) is 0.588. The van der Waals surface area contributed by atoms with Crippen LogP contribution in [0.4, 0.5) is 23.0 Å². The van der Waals surface area contributed by atoms with Crippen LogP contribution in [0.2, 0.25) is 0 Å². The molecule has 0 atom stereocenters. The second-order valence-electron chi connectivity index (χ2n) is 5.93. The zero-order valence-corrected chi connectivity index (χ0v) is 14.7. The molecular formula is C16H21N7O3. The predicted octanol–water partition coefficient (Wildman–Crippen LogP) is 1.71. The molecule has 0 bridgehead atoms. The highest BCUT2D eigenvalue weighted by atomic mass is 16.6. The van der Waals surface area contributed by atoms with E-state index in [2.05, 4.69) is 25.6 Å². The highest BCUT2D eigenvalue weighted by Crippen LogP contribution is 2.31. The molecule has 1 saturated heterocycles. The molecule has 0 radical (unpaired) electrons. The molecule has 3 rings (SSSR count). The zero-order valence-electron chi connectivity index (χ0n) is 14.7. The fourth-order valence-electron chi connectivity index (χ4n) is 2.60. The molecular weight excluding hydrogens is 338 g/mol. The Bertz CT molecular complexity index is 761. The largest absolute Gasteiger partial charge is 0.497 e. The molecule has 1 aliphatic rings. The number of ether oxygens (including phenoxy) is 1. The van der Waals surface area contributed by atoms with Gasteiger partial charge in [-0.1, -0.05) is 0 Å². The van der Waals surface area contributed by atoms with Crippen LogP contribution in [0.5, 0.6) is 5.75 Å². The van der Waals surface area contributed by atoms with Crippen LogP contribution in [0.15, 0.2) is 30.6 Å². The number of nitrogens with zero attached hydrogens (tertiary/aromatic N) is 5. The molecule has 10 heteroatoms. The third-order valence-electron chi connectivity index (χ3n) is 4.12. The number of rotatable bonds is 6. The summed E-state index contributed by atoms with van der Waals surface area (Å²) in [6, 6.07) is 7.05. The molecule has 2 N–H and O–H groups in total. The summed E-state index contributed by atoms with van der Waals surface area (Å²) in [5.74, 6) is 1.00. The summed E-state index contributed by atoms with van der Waals surface area (Å²) in [6.45, 7) is 3.25. The number of nitro groups is 1. The van der Waals surface area contributed by atoms with Crippen LogP contribution < -0.4 is 15.5 Å². The normalized spacial score (nSPS) is 15.5. The number of hydrogen-bond donors (Lipinski definition) is 2. The molecule has 0 aliphatic carbocycles. The van der Waals surface area contributed by atoms with Crippen molar-refractivity contribution in [1.29, 1.82) is 0 Å². The summed E-state index contributed by atoms with van der Waals surface area (Å²) < 4.78 is 5.11. The van der Waals surface area contributed by atoms with E-state index in [1.807, 2.05) is 12.1 Å². The van der Waals surface area contributed by atoms with Gasteiger partial charge in [-0.3, -0.25) is 15.5 Å². The smallest absolute Gasteiger partial charge is 0.354 e. The number of anilines is 3. The standard InChI is InChI=1S/C16H21N7O3/c1-21-7-9-22(10-8-21)20-16-14(23(24)25)15(17-11-18-16)19-12-3-5-13(26-2)6-4-12/h3-6,11H,7-10H2,1-2H3,(H2,17,18,19,20). The SMILES string of the molecule is COc1ccc(Nc2ncnc(NN3CCN(C)CC3)c2[N+](=O)[O-])cc1. The van der Waals surface area contributed by atoms with Crippen LogP contribution in [-0.2, 0) is 0 Å². The van der Waals surface area contributed by atoms with Crippen LogP contribution in [-0.4, -0.2) is 65.1 Å². The molecule has 26 heavy (non-hydrogen) atoms. The Morgan fingerprint density at radius 1 is 1.12 bits per heavy atom. The molecule has 2 heterocycles. The topological polar surface area (TPSA) is 109 Å². The van der Waals surface area contributed by atoms with Crippen molar-refractivity contribution in [1.82, 2.24) is 19.9 Å². The number of aromatic nitrogens is 2. The van der Waals surface area contributed by atoms with Gasteiger partial charge in [-0.2, -0.15) is 0 Å². The third-order valence-corrected chi connectivity index (χ3v) is 4.12. The summed E-state index contributed by atoms with van der Waals surface area (Å²) in [5, 5.41) is 16.5. The van der Waals surface area contributed by atoms with Gasteiger partial charge in [-0.05, 0) is 31.3 Å². The van der Waals surface area contributed by atoms with E-state index in [1.54, 1.807) is 31.4 Å². The van der Waals surface area contributed by atoms with Crippen molar-refractivity contribution in [3.63, 3.8) is 0 Å². The molecule has 0 amide bonds. The Hall–Kier alpha value is -2.98. The minimum Gasteiger partial charge on any atom is -0.497 e. The summed E-state index contributed by atoms with van der Waals surface area (Å²) in [4.78, 5) is 21.4. The lowest BCUT2D eigenvalue weighted by Gasteiger charge is -2.32. The molecule has 1 aliphatic heterocycles. The highest BCUT2D eigenvalue weighted by molar-refractivity contribution is 5.73. The number of methoxy groups -OCH3 is 1. The molecule has 0 spiro atoms. The number of benzene rings is 1. The third kappa shape index (κ3) is 4.16. The van der Waals surface area contributed by atoms with Gasteiger partial charge in [0.1, 0.15) is 12.1 Å². The Kier molecular flexibility index (Phi) is 5.44. The molecule has 1 aromatic heterocycles. The van der Waals surface area contributed by atoms with Gasteiger partial charge in [0.05, 0.1) is 12.0 Å². The average molecular weight is 359 g/mol. The molecule has 2 aromatic rings. The first-order valence-electron chi connectivity index (χ1n) is 8.17. The zero-order chi connectivity index (χ0) is 18.5. The number of hydrazine groups is 1. The van der Waals surface area contributed by atoms with Gasteiger partial charge < -0.3 is 15.0 Å². The van der Waals surface area contributed by atoms with Gasteiger partial charge in [-0.25, -0.2) is 15.0 Å². The first-order chi connectivity index (χ1) is 12.6. The monoisotopic (exact) mass is 359 g/mol. The summed E-state index contributed by atoms with van der Waals surface area (Å²) in [5.41, 5.74) is 3.52. The maximum Gasteiger partial charge on any atom is 0.354 e. The lowest BCUT2D eigenvalue weighted by Crippen LogP contribution is -2.47. The van der Waals surface area contributed by atoms with Crippen LogP contribution in [0.25, 0.3) is 0 Å². The Morgan fingerprint density at radius 3 is 2.38 bits per heavy atom. The Balaban J connectivity index is 1.82. The van der Waals surface area contributed by atoms with E-state index in [0.717, 1.165) is 26.2 Å². The summed E-state index contributed by atoms with van der Waals surface area (Å²) in [6.07, 6.45) is 1.30. The van der Waals surface area contributed by atoms with Crippen molar-refractivity contribution in [2.45, 2.75) is 0 Å². The fourth-order valence-corrected chi connectivity index (χ4v) is 2.60. The van der Waals surface area contributed by atoms with E-state index >= 15 is 0 Å². The number of piperazine rings is 1. The van der Waals surface area contributed by atoms with Crippen molar-refractivity contribution in [3.05, 3.63) is 40.7 Å². The van der Waals surface area contributed by atoms with Gasteiger partial charge in [0.25, 0.3) is 0 Å². The van der Waals surface area contributed by atoms with E-state index in [-0.39, 0.29) is 17.3 Å². The minimum atomic E-state index is -0.482. The van der Waals surface area contributed by atoms with Crippen molar-refractivity contribution in [3.8, 4) is 5.75 Å². The van der Waals surface area contributed by atoms with Crippen molar-refractivity contribution < 1.29 is 9.66 Å². The molecule has 1 fully saturated rings. The molecule has 10 nitrogen and oxygen atoms in total. The van der Waals surface area contributed by atoms with E-state index in [0.29, 0.717) is 11.4 Å². The van der Waals surface area contributed by atoms with Crippen molar-refractivity contribution >= 4 is 23.0 Å². The lowest BCUT2D eigenvalue weighted by atomic mass is 10.3. The van der Waals surface area contributed by atoms with Crippen LogP contribution in [0.1, 0.15) is 0 Å². The van der Waals surface area contributed by atoms with Gasteiger partial charge in [-0.15, -0.1) is 0 Å². The summed E-state index contributed by atoms with van der Waals surface area (Å²) in [7, 11) is 3.62. The van der Waals surface area contributed by atoms with Crippen LogP contribution >= 0.6 is 0 Å². The molecule has 0 unspecified atom stereocenters. The first-order valence-corrected chi connectivity index (χ1v) is 8.17. The van der Waals surface area contributed by atoms with Crippen LogP contribution in [0, 0.1) is 10.1 Å². The predicted molar refractivity (Wildman–Crippen MR) is 97.7 cm³/mol. The van der Waals surface area contributed by atoms with Crippen molar-refractivity contribution in [2.75, 3.05) is 51.1 Å².